The zero-order chi connectivity index (χ0) is 90.2. The van der Waals surface area contributed by atoms with Crippen molar-refractivity contribution in [3.8, 4) is 0 Å². The fourth-order valence-electron chi connectivity index (χ4n) is 8.38. The van der Waals surface area contributed by atoms with E-state index < -0.39 is 11.9 Å². The van der Waals surface area contributed by atoms with Gasteiger partial charge < -0.3 is 185 Å². The number of methoxy groups -OCH3 is 2. The lowest BCUT2D eigenvalue weighted by Gasteiger charge is -2.09. The Hall–Kier alpha value is -3.06. The Kier molecular flexibility index (Phi) is 116. The van der Waals surface area contributed by atoms with E-state index in [4.69, 9.17) is 185 Å². The van der Waals surface area contributed by atoms with Crippen LogP contribution in [0.2, 0.25) is 0 Å². The number of hydrogen-bond acceptors (Lipinski definition) is 41. The largest absolute Gasteiger partial charge is 0.460 e. The van der Waals surface area contributed by atoms with Gasteiger partial charge in [-0.2, -0.15) is 0 Å². The standard InChI is InChI=1S/C43H84O21.C41H80O20/c1-42(2)43(44)64-41-40-63-39-38-62-37-36-61-35-34-60-33-32-59-31-30-58-29-28-57-27-26-56-25-24-55-23-22-54-21-20-53-19-18-52-17-16-51-15-14-50-13-12-49-11-10-48-9-8-47-7-6-46-5-4-45-3;1-40(2)41(42)61-39-38-60-37-36-59-35-34-58-33-32-57-31-30-56-29-28-55-27-26-54-25-24-53-23-22-52-21-20-51-19-18-50-17-16-49-15-14-48-13-12-47-11-10-46-9-8-45-7-6-44-5-4-43-3/h1,4-41H2,2-3H3;1,4-39H2,2-3H3. The first-order valence-corrected chi connectivity index (χ1v) is 43.7. The quantitative estimate of drug-likeness (QED) is 0.0478. The molecule has 0 aromatic heterocycles. The molecule has 0 saturated carbocycles. The first-order chi connectivity index (χ1) is 61.9. The molecule has 0 aromatic carbocycles. The van der Waals surface area contributed by atoms with Gasteiger partial charge in [-0.3, -0.25) is 0 Å². The number of esters is 2. The number of hydrogen-bond donors (Lipinski definition) is 0. The molecule has 0 bridgehead atoms. The van der Waals surface area contributed by atoms with Crippen LogP contribution in [0.1, 0.15) is 13.8 Å². The molecule has 0 rings (SSSR count). The molecule has 0 radical (unpaired) electrons. The fraction of sp³-hybridized carbons (Fsp3) is 0.929. The van der Waals surface area contributed by atoms with Crippen LogP contribution in [0.25, 0.3) is 0 Å². The molecule has 0 saturated heterocycles. The number of ether oxygens (including phenoxy) is 39. The van der Waals surface area contributed by atoms with Gasteiger partial charge in [0.2, 0.25) is 0 Å². The minimum Gasteiger partial charge on any atom is -0.460 e. The lowest BCUT2D eigenvalue weighted by Crippen LogP contribution is -2.16. The van der Waals surface area contributed by atoms with E-state index in [1.807, 2.05) is 0 Å². The summed E-state index contributed by atoms with van der Waals surface area (Å²) in [7, 11) is 3.29. The van der Waals surface area contributed by atoms with Crippen molar-refractivity contribution in [2.24, 2.45) is 0 Å². The van der Waals surface area contributed by atoms with Gasteiger partial charge in [-0.15, -0.1) is 0 Å². The highest BCUT2D eigenvalue weighted by molar-refractivity contribution is 5.87. The Balaban J connectivity index is 0. The van der Waals surface area contributed by atoms with E-state index in [1.165, 1.54) is 0 Å². The second-order valence-corrected chi connectivity index (χ2v) is 25.3. The van der Waals surface area contributed by atoms with E-state index in [9.17, 15) is 9.59 Å². The Morgan fingerprint density at radius 1 is 0.128 bits per heavy atom. The maximum atomic E-state index is 11.2. The molecule has 0 heterocycles. The highest BCUT2D eigenvalue weighted by Gasteiger charge is 2.07. The van der Waals surface area contributed by atoms with E-state index in [0.29, 0.717) is 487 Å². The summed E-state index contributed by atoms with van der Waals surface area (Å²) in [5.74, 6) is -0.834. The van der Waals surface area contributed by atoms with Crippen LogP contribution >= 0.6 is 0 Å². The Morgan fingerprint density at radius 2 is 0.192 bits per heavy atom. The smallest absolute Gasteiger partial charge is 0.333 e. The van der Waals surface area contributed by atoms with Crippen LogP contribution in [0.5, 0.6) is 0 Å². The van der Waals surface area contributed by atoms with Crippen LogP contribution < -0.4 is 0 Å². The van der Waals surface area contributed by atoms with E-state index in [0.717, 1.165) is 0 Å². The molecule has 0 atom stereocenters. The van der Waals surface area contributed by atoms with Crippen LogP contribution in [0.15, 0.2) is 24.3 Å². The first kappa shape index (κ1) is 124. The molecule has 0 N–H and O–H groups in total. The predicted octanol–water partition coefficient (Wildman–Crippen LogP) is 2.09. The van der Waals surface area contributed by atoms with Crippen LogP contribution in [0.4, 0.5) is 0 Å². The van der Waals surface area contributed by atoms with Crippen molar-refractivity contribution in [2.45, 2.75) is 13.8 Å². The second-order valence-electron chi connectivity index (χ2n) is 25.3. The van der Waals surface area contributed by atoms with E-state index in [2.05, 4.69) is 13.2 Å². The molecule has 41 heteroatoms. The van der Waals surface area contributed by atoms with Gasteiger partial charge in [0.15, 0.2) is 0 Å². The van der Waals surface area contributed by atoms with Crippen molar-refractivity contribution in [3.63, 3.8) is 0 Å². The van der Waals surface area contributed by atoms with Gasteiger partial charge in [0.05, 0.1) is 476 Å². The van der Waals surface area contributed by atoms with Gasteiger partial charge in [-0.05, 0) is 13.8 Å². The lowest BCUT2D eigenvalue weighted by atomic mass is 10.4. The highest BCUT2D eigenvalue weighted by atomic mass is 16.6. The summed E-state index contributed by atoms with van der Waals surface area (Å²) in [5.41, 5.74) is 0.732. The molecule has 746 valence electrons. The minimum atomic E-state index is -0.417. The van der Waals surface area contributed by atoms with Gasteiger partial charge in [0, 0.05) is 25.4 Å². The van der Waals surface area contributed by atoms with Crippen molar-refractivity contribution < 1.29 is 194 Å². The normalized spacial score (nSPS) is 11.5. The molecule has 0 aliphatic rings. The third-order valence-electron chi connectivity index (χ3n) is 14.8. The molecule has 0 amide bonds. The fourth-order valence-corrected chi connectivity index (χ4v) is 8.38. The molecule has 41 nitrogen and oxygen atoms in total. The summed E-state index contributed by atoms with van der Waals surface area (Å²) in [5, 5.41) is 0. The molecule has 0 spiro atoms. The second kappa shape index (κ2) is 117. The molecule has 0 fully saturated rings. The monoisotopic (exact) mass is 1830 g/mol. The van der Waals surface area contributed by atoms with Crippen LogP contribution in [-0.2, 0) is 194 Å². The summed E-state index contributed by atoms with van der Waals surface area (Å²) >= 11 is 0. The molecule has 0 unspecified atom stereocenters. The lowest BCUT2D eigenvalue weighted by molar-refractivity contribution is -0.141. The van der Waals surface area contributed by atoms with E-state index >= 15 is 0 Å². The highest BCUT2D eigenvalue weighted by Crippen LogP contribution is 1.98. The van der Waals surface area contributed by atoms with E-state index in [1.54, 1.807) is 28.1 Å². The molecule has 125 heavy (non-hydrogen) atoms. The SMILES string of the molecule is C=C(C)C(=O)OCCOCCOCCOCCOCCOCCOCCOCCOCCOCCOCCOCCOCCOCCOCCOCCOCCOCCOC.C=C(C)C(=O)OCCOCCOCCOCCOCCOCCOCCOCCOCCOCCOCCOCCOCCOCCOCCOCCOCCOCCOCCOC. The van der Waals surface area contributed by atoms with Crippen molar-refractivity contribution in [1.29, 1.82) is 0 Å². The number of carbonyl (C=O) groups is 2. The van der Waals surface area contributed by atoms with Crippen LogP contribution in [-0.4, -0.2) is 515 Å². The predicted molar refractivity (Wildman–Crippen MR) is 454 cm³/mol. The summed E-state index contributed by atoms with van der Waals surface area (Å²) in [6.45, 7) is 46.0. The van der Waals surface area contributed by atoms with E-state index in [-0.39, 0.29) is 13.2 Å². The Bertz CT molecular complexity index is 2040. The number of carbonyl (C=O) groups excluding carboxylic acids is 2. The number of rotatable bonds is 113. The minimum absolute atomic E-state index is 0.193. The molecular weight excluding hydrogens is 1660 g/mol. The van der Waals surface area contributed by atoms with Gasteiger partial charge in [0.1, 0.15) is 13.2 Å². The van der Waals surface area contributed by atoms with Crippen molar-refractivity contribution in [2.75, 3.05) is 503 Å². The summed E-state index contributed by atoms with van der Waals surface area (Å²) < 4.78 is 211. The average molecular weight is 1830 g/mol. The maximum absolute atomic E-state index is 11.2. The van der Waals surface area contributed by atoms with Crippen molar-refractivity contribution in [1.82, 2.24) is 0 Å². The average Bonchev–Trinajstić information content (AvgIpc) is 1.02. The van der Waals surface area contributed by atoms with Crippen LogP contribution in [0, 0.1) is 0 Å². The molecule has 0 aromatic rings. The van der Waals surface area contributed by atoms with Gasteiger partial charge in [-0.1, -0.05) is 13.2 Å². The third-order valence-corrected chi connectivity index (χ3v) is 14.8. The van der Waals surface area contributed by atoms with Gasteiger partial charge >= 0.3 is 11.9 Å². The third kappa shape index (κ3) is 119. The molecule has 0 aliphatic heterocycles. The molecular formula is C84H164O41. The summed E-state index contributed by atoms with van der Waals surface area (Å²) in [6, 6.07) is 0. The van der Waals surface area contributed by atoms with Crippen molar-refractivity contribution >= 4 is 11.9 Å². The first-order valence-electron chi connectivity index (χ1n) is 43.7. The summed E-state index contributed by atoms with van der Waals surface area (Å²) in [6.07, 6.45) is 0. The zero-order valence-electron chi connectivity index (χ0n) is 76.5. The van der Waals surface area contributed by atoms with Crippen molar-refractivity contribution in [3.05, 3.63) is 24.3 Å². The summed E-state index contributed by atoms with van der Waals surface area (Å²) in [4.78, 5) is 22.4. The maximum Gasteiger partial charge on any atom is 0.333 e. The Morgan fingerprint density at radius 3 is 0.256 bits per heavy atom. The zero-order valence-corrected chi connectivity index (χ0v) is 76.5. The van der Waals surface area contributed by atoms with Gasteiger partial charge in [-0.25, -0.2) is 9.59 Å². The molecule has 0 aliphatic carbocycles. The Labute approximate surface area is 744 Å². The van der Waals surface area contributed by atoms with Crippen LogP contribution in [0.3, 0.4) is 0 Å². The topological polar surface area (TPSA) is 394 Å². The van der Waals surface area contributed by atoms with Gasteiger partial charge in [0.25, 0.3) is 0 Å².